The van der Waals surface area contributed by atoms with Crippen LogP contribution in [0.1, 0.15) is 23.0 Å². The van der Waals surface area contributed by atoms with E-state index in [1.807, 2.05) is 0 Å². The first kappa shape index (κ1) is 26.4. The molecule has 10 nitrogen and oxygen atoms in total. The van der Waals surface area contributed by atoms with Crippen LogP contribution in [0, 0.1) is 0 Å². The molecule has 0 bridgehead atoms. The van der Waals surface area contributed by atoms with Crippen LogP contribution in [0.25, 0.3) is 22.5 Å². The number of thiophene rings is 1. The zero-order chi connectivity index (χ0) is 27.2. The SMILES string of the molecule is CCOC(=O)c1nn(-c2ccc(OC)cc2)c(=O)c2c(NC(=O)C=Cc3ccc(OC)c(OC)c3)scc12. The lowest BCUT2D eigenvalue weighted by Crippen LogP contribution is -2.25. The Labute approximate surface area is 222 Å². The van der Waals surface area contributed by atoms with Gasteiger partial charge in [0.25, 0.3) is 5.56 Å². The van der Waals surface area contributed by atoms with Crippen molar-refractivity contribution in [3.05, 3.63) is 75.5 Å². The molecule has 0 atom stereocenters. The molecule has 0 aliphatic heterocycles. The molecule has 1 amide bonds. The number of rotatable bonds is 9. The highest BCUT2D eigenvalue weighted by atomic mass is 32.1. The first-order valence-electron chi connectivity index (χ1n) is 11.5. The molecule has 196 valence electrons. The Morgan fingerprint density at radius 3 is 2.42 bits per heavy atom. The molecule has 4 rings (SSSR count). The van der Waals surface area contributed by atoms with Crippen LogP contribution in [-0.4, -0.2) is 49.6 Å². The van der Waals surface area contributed by atoms with E-state index in [1.165, 1.54) is 27.4 Å². The first-order chi connectivity index (χ1) is 18.4. The van der Waals surface area contributed by atoms with Gasteiger partial charge in [-0.1, -0.05) is 6.07 Å². The third-order valence-electron chi connectivity index (χ3n) is 5.51. The maximum atomic E-state index is 13.5. The Morgan fingerprint density at radius 1 is 1.03 bits per heavy atom. The van der Waals surface area contributed by atoms with Gasteiger partial charge in [0.1, 0.15) is 10.8 Å². The highest BCUT2D eigenvalue weighted by Gasteiger charge is 2.23. The number of carbonyl (C=O) groups excluding carboxylic acids is 2. The summed E-state index contributed by atoms with van der Waals surface area (Å²) >= 11 is 1.11. The van der Waals surface area contributed by atoms with E-state index < -0.39 is 17.4 Å². The topological polar surface area (TPSA) is 118 Å². The Hall–Kier alpha value is -4.64. The number of methoxy groups -OCH3 is 3. The summed E-state index contributed by atoms with van der Waals surface area (Å²) in [5.41, 5.74) is 0.595. The van der Waals surface area contributed by atoms with Gasteiger partial charge in [-0.15, -0.1) is 11.3 Å². The Bertz CT molecular complexity index is 1570. The van der Waals surface area contributed by atoms with Gasteiger partial charge in [0.05, 0.1) is 39.0 Å². The molecule has 0 saturated heterocycles. The van der Waals surface area contributed by atoms with Crippen molar-refractivity contribution in [2.45, 2.75) is 6.92 Å². The summed E-state index contributed by atoms with van der Waals surface area (Å²) in [4.78, 5) is 39.0. The molecule has 2 aromatic carbocycles. The van der Waals surface area contributed by atoms with E-state index in [-0.39, 0.29) is 22.7 Å². The Kier molecular flexibility index (Phi) is 8.07. The fourth-order valence-corrected chi connectivity index (χ4v) is 4.61. The lowest BCUT2D eigenvalue weighted by Gasteiger charge is -2.10. The number of nitrogens with one attached hydrogen (secondary N) is 1. The number of hydrogen-bond donors (Lipinski definition) is 1. The number of benzene rings is 2. The number of amides is 1. The maximum Gasteiger partial charge on any atom is 0.359 e. The molecule has 0 radical (unpaired) electrons. The number of anilines is 1. The number of aromatic nitrogens is 2. The second kappa shape index (κ2) is 11.6. The average molecular weight is 536 g/mol. The van der Waals surface area contributed by atoms with Crippen molar-refractivity contribution in [3.63, 3.8) is 0 Å². The van der Waals surface area contributed by atoms with E-state index in [0.29, 0.717) is 33.9 Å². The lowest BCUT2D eigenvalue weighted by atomic mass is 10.2. The third-order valence-corrected chi connectivity index (χ3v) is 6.41. The second-order valence-electron chi connectivity index (χ2n) is 7.77. The van der Waals surface area contributed by atoms with Crippen molar-refractivity contribution < 1.29 is 28.5 Å². The van der Waals surface area contributed by atoms with Gasteiger partial charge in [-0.05, 0) is 55.0 Å². The van der Waals surface area contributed by atoms with Crippen molar-refractivity contribution in [3.8, 4) is 22.9 Å². The van der Waals surface area contributed by atoms with E-state index in [1.54, 1.807) is 60.8 Å². The molecular weight excluding hydrogens is 510 g/mol. The van der Waals surface area contributed by atoms with Crippen LogP contribution in [0.5, 0.6) is 17.2 Å². The van der Waals surface area contributed by atoms with Gasteiger partial charge in [-0.25, -0.2) is 4.79 Å². The summed E-state index contributed by atoms with van der Waals surface area (Å²) in [6.07, 6.45) is 2.94. The van der Waals surface area contributed by atoms with Gasteiger partial charge >= 0.3 is 5.97 Å². The summed E-state index contributed by atoms with van der Waals surface area (Å²) in [5, 5.41) is 9.36. The molecule has 0 aliphatic carbocycles. The van der Waals surface area contributed by atoms with Crippen molar-refractivity contribution >= 4 is 45.1 Å². The molecule has 11 heteroatoms. The van der Waals surface area contributed by atoms with E-state index in [0.717, 1.165) is 16.0 Å². The summed E-state index contributed by atoms with van der Waals surface area (Å²) in [5.74, 6) is 0.547. The Morgan fingerprint density at radius 2 is 1.76 bits per heavy atom. The molecule has 2 heterocycles. The van der Waals surface area contributed by atoms with Crippen LogP contribution >= 0.6 is 11.3 Å². The predicted octanol–water partition coefficient (Wildman–Crippen LogP) is 4.30. The minimum Gasteiger partial charge on any atom is -0.497 e. The molecule has 0 unspecified atom stereocenters. The van der Waals surface area contributed by atoms with Gasteiger partial charge < -0.3 is 24.3 Å². The van der Waals surface area contributed by atoms with E-state index in [9.17, 15) is 14.4 Å². The minimum absolute atomic E-state index is 0.0325. The van der Waals surface area contributed by atoms with Gasteiger partial charge in [0.2, 0.25) is 5.91 Å². The lowest BCUT2D eigenvalue weighted by molar-refractivity contribution is -0.111. The second-order valence-corrected chi connectivity index (χ2v) is 8.65. The van der Waals surface area contributed by atoms with Crippen LogP contribution in [-0.2, 0) is 9.53 Å². The first-order valence-corrected chi connectivity index (χ1v) is 12.3. The number of hydrogen-bond acceptors (Lipinski definition) is 9. The van der Waals surface area contributed by atoms with Crippen LogP contribution in [0.4, 0.5) is 5.00 Å². The molecular formula is C27H25N3O7S. The molecule has 1 N–H and O–H groups in total. The number of esters is 1. The van der Waals surface area contributed by atoms with Gasteiger partial charge in [0.15, 0.2) is 17.2 Å². The molecule has 0 fully saturated rings. The van der Waals surface area contributed by atoms with Crippen molar-refractivity contribution in [1.29, 1.82) is 0 Å². The van der Waals surface area contributed by atoms with Crippen molar-refractivity contribution in [2.75, 3.05) is 33.3 Å². The zero-order valence-corrected chi connectivity index (χ0v) is 22.0. The minimum atomic E-state index is -0.677. The monoisotopic (exact) mass is 535 g/mol. The predicted molar refractivity (Wildman–Crippen MR) is 145 cm³/mol. The van der Waals surface area contributed by atoms with Crippen molar-refractivity contribution in [2.24, 2.45) is 0 Å². The standard InChI is InChI=1S/C27H25N3O7S/c1-5-37-27(33)24-19-15-38-25(23(19)26(32)30(29-24)17-8-10-18(34-2)11-9-17)28-22(31)13-7-16-6-12-20(35-3)21(14-16)36-4/h6-15H,5H2,1-4H3,(H,28,31). The molecule has 0 aliphatic rings. The fourth-order valence-electron chi connectivity index (χ4n) is 3.67. The quantitative estimate of drug-likeness (QED) is 0.249. The molecule has 38 heavy (non-hydrogen) atoms. The number of ether oxygens (including phenoxy) is 4. The van der Waals surface area contributed by atoms with Crippen LogP contribution in [0.3, 0.4) is 0 Å². The van der Waals surface area contributed by atoms with Crippen LogP contribution < -0.4 is 25.1 Å². The third kappa shape index (κ3) is 5.37. The average Bonchev–Trinajstić information content (AvgIpc) is 3.36. The normalized spacial score (nSPS) is 10.9. The van der Waals surface area contributed by atoms with Gasteiger partial charge in [-0.2, -0.15) is 9.78 Å². The van der Waals surface area contributed by atoms with Gasteiger partial charge in [0, 0.05) is 16.8 Å². The number of nitrogens with zero attached hydrogens (tertiary/aromatic N) is 2. The van der Waals surface area contributed by atoms with E-state index in [2.05, 4.69) is 10.4 Å². The van der Waals surface area contributed by atoms with E-state index in [4.69, 9.17) is 18.9 Å². The largest absolute Gasteiger partial charge is 0.497 e. The van der Waals surface area contributed by atoms with E-state index >= 15 is 0 Å². The molecule has 2 aromatic heterocycles. The molecule has 0 saturated carbocycles. The number of carbonyl (C=O) groups is 2. The van der Waals surface area contributed by atoms with Crippen LogP contribution in [0.15, 0.2) is 58.7 Å². The van der Waals surface area contributed by atoms with Gasteiger partial charge in [-0.3, -0.25) is 9.59 Å². The zero-order valence-electron chi connectivity index (χ0n) is 21.1. The molecule has 0 spiro atoms. The maximum absolute atomic E-state index is 13.5. The highest BCUT2D eigenvalue weighted by Crippen LogP contribution is 2.31. The smallest absolute Gasteiger partial charge is 0.359 e. The summed E-state index contributed by atoms with van der Waals surface area (Å²) in [7, 11) is 4.60. The molecule has 4 aromatic rings. The fraction of sp³-hybridized carbons (Fsp3) is 0.185. The summed E-state index contributed by atoms with van der Waals surface area (Å²) in [6, 6.07) is 11.9. The van der Waals surface area contributed by atoms with Crippen LogP contribution in [0.2, 0.25) is 0 Å². The summed E-state index contributed by atoms with van der Waals surface area (Å²) in [6.45, 7) is 1.82. The Balaban J connectivity index is 1.72. The highest BCUT2D eigenvalue weighted by molar-refractivity contribution is 7.16. The number of fused-ring (bicyclic) bond motifs is 1. The summed E-state index contributed by atoms with van der Waals surface area (Å²) < 4.78 is 22.0. The van der Waals surface area contributed by atoms with Crippen molar-refractivity contribution in [1.82, 2.24) is 9.78 Å².